The van der Waals surface area contributed by atoms with E-state index in [1.54, 1.807) is 8.97 Å². The van der Waals surface area contributed by atoms with Crippen LogP contribution in [0.2, 0.25) is 0 Å². The molecule has 0 unspecified atom stereocenters. The van der Waals surface area contributed by atoms with Gasteiger partial charge in [0.05, 0.1) is 18.6 Å². The minimum Gasteiger partial charge on any atom is -0.271 e. The van der Waals surface area contributed by atoms with E-state index in [1.165, 1.54) is 21.6 Å². The lowest BCUT2D eigenvalue weighted by Crippen LogP contribution is -2.26. The van der Waals surface area contributed by atoms with E-state index in [-0.39, 0.29) is 11.2 Å². The van der Waals surface area contributed by atoms with Crippen molar-refractivity contribution < 1.29 is 0 Å². The van der Waals surface area contributed by atoms with Gasteiger partial charge in [-0.15, -0.1) is 16.4 Å². The largest absolute Gasteiger partial charge is 0.352 e. The van der Waals surface area contributed by atoms with Gasteiger partial charge in [-0.05, 0) is 54.0 Å². The first-order chi connectivity index (χ1) is 15.5. The van der Waals surface area contributed by atoms with Gasteiger partial charge in [0.1, 0.15) is 4.70 Å². The second-order valence-electron chi connectivity index (χ2n) is 8.20. The van der Waals surface area contributed by atoms with E-state index in [0.29, 0.717) is 29.1 Å². The molecule has 162 valence electrons. The molecule has 3 aromatic heterocycles. The van der Waals surface area contributed by atoms with Gasteiger partial charge < -0.3 is 0 Å². The molecule has 6 nitrogen and oxygen atoms in total. The minimum absolute atomic E-state index is 0.119. The number of rotatable bonds is 5. The molecule has 0 radical (unpaired) electrons. The van der Waals surface area contributed by atoms with E-state index >= 15 is 0 Å². The summed E-state index contributed by atoms with van der Waals surface area (Å²) in [6, 6.07) is 16.2. The summed E-state index contributed by atoms with van der Waals surface area (Å²) in [4.78, 5) is 26.7. The molecule has 0 atom stereocenters. The van der Waals surface area contributed by atoms with E-state index < -0.39 is 0 Å². The van der Waals surface area contributed by atoms with Crippen LogP contribution in [-0.2, 0) is 19.5 Å². The first-order valence-corrected chi connectivity index (χ1v) is 11.6. The van der Waals surface area contributed by atoms with Gasteiger partial charge in [-0.2, -0.15) is 0 Å². The van der Waals surface area contributed by atoms with E-state index in [4.69, 9.17) is 0 Å². The number of aromatic nitrogens is 4. The highest BCUT2D eigenvalue weighted by atomic mass is 32.1. The first-order valence-electron chi connectivity index (χ1n) is 10.7. The van der Waals surface area contributed by atoms with Crippen molar-refractivity contribution in [3.63, 3.8) is 0 Å². The summed E-state index contributed by atoms with van der Waals surface area (Å²) in [7, 11) is 0. The van der Waals surface area contributed by atoms with Gasteiger partial charge in [0.2, 0.25) is 5.78 Å². The molecule has 0 aliphatic heterocycles. The third kappa shape index (κ3) is 3.39. The van der Waals surface area contributed by atoms with Crippen LogP contribution in [0.3, 0.4) is 0 Å². The molecule has 3 heterocycles. The molecule has 0 bridgehead atoms. The Morgan fingerprint density at radius 3 is 2.44 bits per heavy atom. The molecule has 0 spiro atoms. The van der Waals surface area contributed by atoms with Gasteiger partial charge in [0, 0.05) is 0 Å². The fraction of sp³-hybridized carbons (Fsp3) is 0.240. The number of thiophene rings is 1. The molecule has 0 aliphatic carbocycles. The van der Waals surface area contributed by atoms with Crippen molar-refractivity contribution in [1.82, 2.24) is 18.7 Å². The molecular weight excluding hydrogens is 420 g/mol. The van der Waals surface area contributed by atoms with Crippen molar-refractivity contribution >= 4 is 27.3 Å². The van der Waals surface area contributed by atoms with Crippen molar-refractivity contribution in [3.05, 3.63) is 103 Å². The van der Waals surface area contributed by atoms with Crippen molar-refractivity contribution in [2.24, 2.45) is 0 Å². The molecule has 0 saturated carbocycles. The van der Waals surface area contributed by atoms with Crippen LogP contribution in [0, 0.1) is 13.8 Å². The Labute approximate surface area is 189 Å². The number of fused-ring (bicyclic) bond motifs is 3. The van der Waals surface area contributed by atoms with E-state index in [0.717, 1.165) is 28.7 Å². The summed E-state index contributed by atoms with van der Waals surface area (Å²) < 4.78 is 5.21. The second kappa shape index (κ2) is 7.91. The first kappa shape index (κ1) is 20.5. The second-order valence-corrected chi connectivity index (χ2v) is 9.12. The molecule has 5 rings (SSSR count). The highest BCUT2D eigenvalue weighted by Crippen LogP contribution is 2.19. The Balaban J connectivity index is 1.70. The maximum Gasteiger partial charge on any atom is 0.352 e. The molecule has 0 aliphatic rings. The zero-order chi connectivity index (χ0) is 22.4. The number of aryl methyl sites for hydroxylation is 3. The molecule has 7 heteroatoms. The van der Waals surface area contributed by atoms with Crippen molar-refractivity contribution in [2.45, 2.75) is 40.3 Å². The monoisotopic (exact) mass is 444 g/mol. The summed E-state index contributed by atoms with van der Waals surface area (Å²) >= 11 is 1.36. The summed E-state index contributed by atoms with van der Waals surface area (Å²) in [5.41, 5.74) is 5.78. The smallest absolute Gasteiger partial charge is 0.271 e. The van der Waals surface area contributed by atoms with Crippen molar-refractivity contribution in [3.8, 4) is 0 Å². The zero-order valence-corrected chi connectivity index (χ0v) is 19.1. The van der Waals surface area contributed by atoms with Gasteiger partial charge in [-0.25, -0.2) is 13.9 Å². The van der Waals surface area contributed by atoms with Crippen LogP contribution in [-0.4, -0.2) is 18.7 Å². The predicted molar refractivity (Wildman–Crippen MR) is 129 cm³/mol. The summed E-state index contributed by atoms with van der Waals surface area (Å²) in [5, 5.41) is 6.48. The van der Waals surface area contributed by atoms with Gasteiger partial charge in [0.15, 0.2) is 0 Å². The Morgan fingerprint density at radius 2 is 1.69 bits per heavy atom. The summed E-state index contributed by atoms with van der Waals surface area (Å²) in [6.45, 7) is 6.90. The fourth-order valence-corrected chi connectivity index (χ4v) is 4.90. The summed E-state index contributed by atoms with van der Waals surface area (Å²) in [6.07, 6.45) is 0.962. The standard InChI is InChI=1S/C25H24N4O2S/c1-4-18-7-9-19(10-8-18)14-27-23(30)22-21(11-12-32-22)29-24(27)26-28(25(29)31)15-20-13-16(2)5-6-17(20)3/h5-13H,4,14-15H2,1-3H3. The van der Waals surface area contributed by atoms with E-state index in [2.05, 4.69) is 42.4 Å². The van der Waals surface area contributed by atoms with Crippen LogP contribution in [0.5, 0.6) is 0 Å². The Hall–Kier alpha value is -3.45. The third-order valence-corrected chi connectivity index (χ3v) is 6.88. The third-order valence-electron chi connectivity index (χ3n) is 5.99. The van der Waals surface area contributed by atoms with Gasteiger partial charge in [-0.3, -0.25) is 9.36 Å². The fourth-order valence-electron chi connectivity index (χ4n) is 4.07. The minimum atomic E-state index is -0.237. The van der Waals surface area contributed by atoms with Crippen LogP contribution >= 0.6 is 11.3 Å². The quantitative estimate of drug-likeness (QED) is 0.409. The average Bonchev–Trinajstić information content (AvgIpc) is 3.39. The number of hydrogen-bond acceptors (Lipinski definition) is 4. The number of nitrogens with zero attached hydrogens (tertiary/aromatic N) is 4. The normalized spacial score (nSPS) is 11.6. The maximum absolute atomic E-state index is 13.4. The Bertz CT molecular complexity index is 1570. The van der Waals surface area contributed by atoms with E-state index in [1.807, 2.05) is 37.4 Å². The lowest BCUT2D eigenvalue weighted by Gasteiger charge is -2.08. The lowest BCUT2D eigenvalue weighted by atomic mass is 10.1. The van der Waals surface area contributed by atoms with Crippen LogP contribution in [0.4, 0.5) is 0 Å². The molecular formula is C25H24N4O2S. The summed E-state index contributed by atoms with van der Waals surface area (Å²) in [5.74, 6) is 0.371. The molecule has 0 saturated heterocycles. The number of hydrogen-bond donors (Lipinski definition) is 0. The molecule has 0 N–H and O–H groups in total. The van der Waals surface area contributed by atoms with Gasteiger partial charge >= 0.3 is 5.69 Å². The lowest BCUT2D eigenvalue weighted by molar-refractivity contribution is 0.652. The SMILES string of the molecule is CCc1ccc(Cn2c(=O)c3sccc3n3c(=O)n(Cc4cc(C)ccc4C)nc23)cc1. The molecule has 32 heavy (non-hydrogen) atoms. The molecule has 5 aromatic rings. The van der Waals surface area contributed by atoms with Crippen molar-refractivity contribution in [2.75, 3.05) is 0 Å². The molecule has 0 amide bonds. The highest BCUT2D eigenvalue weighted by Gasteiger charge is 2.19. The highest BCUT2D eigenvalue weighted by molar-refractivity contribution is 7.17. The van der Waals surface area contributed by atoms with Crippen LogP contribution < -0.4 is 11.2 Å². The maximum atomic E-state index is 13.4. The van der Waals surface area contributed by atoms with Gasteiger partial charge in [-0.1, -0.05) is 55.0 Å². The Morgan fingerprint density at radius 1 is 0.938 bits per heavy atom. The van der Waals surface area contributed by atoms with E-state index in [9.17, 15) is 9.59 Å². The zero-order valence-electron chi connectivity index (χ0n) is 18.3. The van der Waals surface area contributed by atoms with Crippen LogP contribution in [0.1, 0.15) is 34.7 Å². The molecule has 0 fully saturated rings. The van der Waals surface area contributed by atoms with Crippen LogP contribution in [0.25, 0.3) is 16.0 Å². The average molecular weight is 445 g/mol. The predicted octanol–water partition coefficient (Wildman–Crippen LogP) is 4.15. The molecule has 2 aromatic carbocycles. The van der Waals surface area contributed by atoms with Gasteiger partial charge in [0.25, 0.3) is 5.56 Å². The Kier molecular flexibility index (Phi) is 5.06. The van der Waals surface area contributed by atoms with Crippen molar-refractivity contribution in [1.29, 1.82) is 0 Å². The van der Waals surface area contributed by atoms with Crippen LogP contribution in [0.15, 0.2) is 63.5 Å². The topological polar surface area (TPSA) is 61.3 Å². The number of benzene rings is 2.